The molecule has 140 valence electrons. The first-order chi connectivity index (χ1) is 12.5. The van der Waals surface area contributed by atoms with E-state index >= 15 is 0 Å². The smallest absolute Gasteiger partial charge is 0.329 e. The van der Waals surface area contributed by atoms with Gasteiger partial charge in [0.15, 0.2) is 11.4 Å². The zero-order valence-corrected chi connectivity index (χ0v) is 14.8. The predicted octanol–water partition coefficient (Wildman–Crippen LogP) is 1.74. The van der Waals surface area contributed by atoms with Gasteiger partial charge in [-0.3, -0.25) is 4.79 Å². The minimum Gasteiger partial charge on any atom is -0.489 e. The summed E-state index contributed by atoms with van der Waals surface area (Å²) in [6.07, 6.45) is 1.67. The number of aliphatic carboxylic acids is 1. The lowest BCUT2D eigenvalue weighted by Gasteiger charge is -2.08. The molecule has 0 aliphatic heterocycles. The Morgan fingerprint density at radius 3 is 2.65 bits per heavy atom. The first-order valence-electron chi connectivity index (χ1n) is 8.33. The van der Waals surface area contributed by atoms with Gasteiger partial charge in [0, 0.05) is 6.54 Å². The molecule has 0 atom stereocenters. The number of rotatable bonds is 10. The molecule has 8 heteroatoms. The molecule has 2 rings (SSSR count). The molecule has 8 nitrogen and oxygen atoms in total. The number of nitrogens with zero attached hydrogens (tertiary/aromatic N) is 2. The van der Waals surface area contributed by atoms with E-state index in [1.165, 1.54) is 0 Å². The van der Waals surface area contributed by atoms with E-state index < -0.39 is 18.5 Å². The summed E-state index contributed by atoms with van der Waals surface area (Å²) in [4.78, 5) is 22.8. The number of aromatic nitrogens is 2. The lowest BCUT2D eigenvalue weighted by atomic mass is 10.2. The van der Waals surface area contributed by atoms with Crippen LogP contribution in [0.4, 0.5) is 0 Å². The van der Waals surface area contributed by atoms with Crippen molar-refractivity contribution >= 4 is 11.9 Å². The Balaban J connectivity index is 2.07. The number of ether oxygens (including phenoxy) is 2. The summed E-state index contributed by atoms with van der Waals surface area (Å²) < 4.78 is 12.2. The quantitative estimate of drug-likeness (QED) is 0.625. The largest absolute Gasteiger partial charge is 0.489 e. The molecule has 1 aromatic heterocycles. The fraction of sp³-hybridized carbons (Fsp3) is 0.389. The van der Waals surface area contributed by atoms with Gasteiger partial charge in [-0.05, 0) is 18.1 Å². The summed E-state index contributed by atoms with van der Waals surface area (Å²) in [5, 5.41) is 15.5. The van der Waals surface area contributed by atoms with Gasteiger partial charge in [-0.1, -0.05) is 32.0 Å². The van der Waals surface area contributed by atoms with E-state index in [-0.39, 0.29) is 18.8 Å². The third-order valence-electron chi connectivity index (χ3n) is 3.25. The van der Waals surface area contributed by atoms with Gasteiger partial charge >= 0.3 is 5.97 Å². The van der Waals surface area contributed by atoms with Gasteiger partial charge in [0.1, 0.15) is 6.61 Å². The van der Waals surface area contributed by atoms with E-state index in [4.69, 9.17) is 14.6 Å². The molecule has 0 unspecified atom stereocenters. The molecule has 26 heavy (non-hydrogen) atoms. The average molecular weight is 361 g/mol. The van der Waals surface area contributed by atoms with Crippen molar-refractivity contribution in [1.82, 2.24) is 15.1 Å². The number of carboxylic acid groups (broad SMARTS) is 1. The van der Waals surface area contributed by atoms with Gasteiger partial charge in [-0.25, -0.2) is 9.48 Å². The number of carbonyl (C=O) groups is 2. The first kappa shape index (κ1) is 19.5. The van der Waals surface area contributed by atoms with Crippen LogP contribution in [-0.4, -0.2) is 53.1 Å². The fourth-order valence-corrected chi connectivity index (χ4v) is 2.07. The molecule has 0 spiro atoms. The van der Waals surface area contributed by atoms with Crippen LogP contribution in [-0.2, 0) is 9.53 Å². The molecule has 2 aromatic rings. The molecule has 1 heterocycles. The average Bonchev–Trinajstić information content (AvgIpc) is 3.04. The lowest BCUT2D eigenvalue weighted by Crippen LogP contribution is -2.28. The minimum absolute atomic E-state index is 0.0968. The lowest BCUT2D eigenvalue weighted by molar-refractivity contribution is -0.142. The van der Waals surface area contributed by atoms with Gasteiger partial charge in [0.25, 0.3) is 5.91 Å². The van der Waals surface area contributed by atoms with Gasteiger partial charge in [-0.2, -0.15) is 5.10 Å². The van der Waals surface area contributed by atoms with Crippen molar-refractivity contribution in [2.45, 2.75) is 13.8 Å². The maximum Gasteiger partial charge on any atom is 0.329 e. The highest BCUT2D eigenvalue weighted by Crippen LogP contribution is 2.20. The van der Waals surface area contributed by atoms with Crippen LogP contribution in [0.1, 0.15) is 24.3 Å². The van der Waals surface area contributed by atoms with Crippen molar-refractivity contribution in [1.29, 1.82) is 0 Å². The first-order valence-corrected chi connectivity index (χ1v) is 8.33. The monoisotopic (exact) mass is 361 g/mol. The molecule has 0 radical (unpaired) electrons. The van der Waals surface area contributed by atoms with Crippen LogP contribution in [0.25, 0.3) is 5.69 Å². The van der Waals surface area contributed by atoms with Crippen molar-refractivity contribution < 1.29 is 24.2 Å². The molecular formula is C18H23N3O5. The van der Waals surface area contributed by atoms with Crippen molar-refractivity contribution in [3.63, 3.8) is 0 Å². The number of para-hydroxylation sites is 1. The second-order valence-corrected chi connectivity index (χ2v) is 6.03. The van der Waals surface area contributed by atoms with Gasteiger partial charge < -0.3 is 19.9 Å². The Bertz CT molecular complexity index is 728. The van der Waals surface area contributed by atoms with Crippen LogP contribution < -0.4 is 10.1 Å². The zero-order valence-electron chi connectivity index (χ0n) is 14.8. The number of carboxylic acids is 1. The highest BCUT2D eigenvalue weighted by molar-refractivity contribution is 5.94. The highest BCUT2D eigenvalue weighted by Gasteiger charge is 2.19. The highest BCUT2D eigenvalue weighted by atomic mass is 16.5. The number of carbonyl (C=O) groups excluding carboxylic acids is 1. The van der Waals surface area contributed by atoms with Gasteiger partial charge in [0.2, 0.25) is 0 Å². The molecule has 1 aromatic carbocycles. The molecule has 0 fully saturated rings. The Labute approximate surface area is 151 Å². The number of benzene rings is 1. The standard InChI is InChI=1S/C18H23N3O5/c1-13(2)11-26-15-10-21(14-6-4-3-5-7-14)20-17(15)18(24)19-8-9-25-12-16(22)23/h3-7,10,13H,8-9,11-12H2,1-2H3,(H,19,24)(H,22,23). The third-order valence-corrected chi connectivity index (χ3v) is 3.25. The second-order valence-electron chi connectivity index (χ2n) is 6.03. The van der Waals surface area contributed by atoms with E-state index in [1.807, 2.05) is 44.2 Å². The predicted molar refractivity (Wildman–Crippen MR) is 94.7 cm³/mol. The Morgan fingerprint density at radius 2 is 2.00 bits per heavy atom. The second kappa shape index (κ2) is 9.57. The molecule has 0 saturated carbocycles. The SMILES string of the molecule is CC(C)COc1cn(-c2ccccc2)nc1C(=O)NCCOCC(=O)O. The minimum atomic E-state index is -1.05. The maximum atomic E-state index is 12.4. The van der Waals surface area contributed by atoms with E-state index in [0.717, 1.165) is 5.69 Å². The van der Waals surface area contributed by atoms with E-state index in [1.54, 1.807) is 10.9 Å². The summed E-state index contributed by atoms with van der Waals surface area (Å²) in [5.74, 6) is -0.762. The number of amides is 1. The summed E-state index contributed by atoms with van der Waals surface area (Å²) in [6, 6.07) is 9.41. The number of hydrogen-bond donors (Lipinski definition) is 2. The molecule has 0 saturated heterocycles. The topological polar surface area (TPSA) is 103 Å². The van der Waals surface area contributed by atoms with Crippen LogP contribution in [0.5, 0.6) is 5.75 Å². The maximum absolute atomic E-state index is 12.4. The van der Waals surface area contributed by atoms with E-state index in [0.29, 0.717) is 18.3 Å². The van der Waals surface area contributed by atoms with Crippen LogP contribution >= 0.6 is 0 Å². The number of nitrogens with one attached hydrogen (secondary N) is 1. The van der Waals surface area contributed by atoms with Crippen LogP contribution in [0.2, 0.25) is 0 Å². The molecular weight excluding hydrogens is 338 g/mol. The van der Waals surface area contributed by atoms with Crippen molar-refractivity contribution in [2.24, 2.45) is 5.92 Å². The van der Waals surface area contributed by atoms with Crippen LogP contribution in [0, 0.1) is 5.92 Å². The normalized spacial score (nSPS) is 10.7. The summed E-state index contributed by atoms with van der Waals surface area (Å²) >= 11 is 0. The van der Waals surface area contributed by atoms with Gasteiger partial charge in [-0.15, -0.1) is 0 Å². The molecule has 0 bridgehead atoms. The van der Waals surface area contributed by atoms with E-state index in [9.17, 15) is 9.59 Å². The summed E-state index contributed by atoms with van der Waals surface area (Å²) in [7, 11) is 0. The van der Waals surface area contributed by atoms with Crippen LogP contribution in [0.3, 0.4) is 0 Å². The number of hydrogen-bond acceptors (Lipinski definition) is 5. The molecule has 2 N–H and O–H groups in total. The zero-order chi connectivity index (χ0) is 18.9. The van der Waals surface area contributed by atoms with Crippen molar-refractivity contribution in [2.75, 3.05) is 26.4 Å². The summed E-state index contributed by atoms with van der Waals surface area (Å²) in [6.45, 7) is 4.36. The molecule has 1 amide bonds. The fourth-order valence-electron chi connectivity index (χ4n) is 2.07. The van der Waals surface area contributed by atoms with Crippen molar-refractivity contribution in [3.05, 3.63) is 42.2 Å². The molecule has 0 aliphatic rings. The Kier molecular flexibility index (Phi) is 7.16. The van der Waals surface area contributed by atoms with Gasteiger partial charge in [0.05, 0.1) is 25.1 Å². The Hall–Kier alpha value is -2.87. The molecule has 0 aliphatic carbocycles. The summed E-state index contributed by atoms with van der Waals surface area (Å²) in [5.41, 5.74) is 0.985. The Morgan fingerprint density at radius 1 is 1.27 bits per heavy atom. The van der Waals surface area contributed by atoms with Crippen molar-refractivity contribution in [3.8, 4) is 11.4 Å². The third kappa shape index (κ3) is 5.89. The van der Waals surface area contributed by atoms with E-state index in [2.05, 4.69) is 10.4 Å². The van der Waals surface area contributed by atoms with Crippen LogP contribution in [0.15, 0.2) is 36.5 Å².